The summed E-state index contributed by atoms with van der Waals surface area (Å²) in [5.41, 5.74) is 0. The average molecular weight is 239 g/mol. The minimum Gasteiger partial charge on any atom is -0.166 e. The van der Waals surface area contributed by atoms with Crippen LogP contribution in [0.1, 0.15) is 0 Å². The summed E-state index contributed by atoms with van der Waals surface area (Å²) in [5.74, 6) is 0. The molecule has 0 radical (unpaired) electrons. The van der Waals surface area contributed by atoms with Gasteiger partial charge in [0.1, 0.15) is 0 Å². The molecule has 0 aromatic carbocycles. The molecule has 0 unspecified atom stereocenters. The van der Waals surface area contributed by atoms with Crippen molar-refractivity contribution in [3.8, 4) is 0 Å². The smallest absolute Gasteiger partial charge is 0.0741 e. The van der Waals surface area contributed by atoms with E-state index in [-0.39, 0.29) is 3.70 Å². The summed E-state index contributed by atoms with van der Waals surface area (Å²) in [6.45, 7) is 14.2. The standard InChI is InChI=1S/C8H22S2Si2/c1-11(2,3)7-8(9,10)12(4,5)6/h9-10H,7H2,1-6H3. The lowest BCUT2D eigenvalue weighted by atomic mass is 10.9. The van der Waals surface area contributed by atoms with Crippen LogP contribution in [-0.4, -0.2) is 19.9 Å². The van der Waals surface area contributed by atoms with Crippen LogP contribution in [0, 0.1) is 0 Å². The predicted molar refractivity (Wildman–Crippen MR) is 72.2 cm³/mol. The highest BCUT2D eigenvalue weighted by Gasteiger charge is 2.40. The monoisotopic (exact) mass is 238 g/mol. The molecule has 4 heteroatoms. The molecule has 0 saturated heterocycles. The lowest BCUT2D eigenvalue weighted by Gasteiger charge is -2.39. The highest BCUT2D eigenvalue weighted by Crippen LogP contribution is 2.38. The van der Waals surface area contributed by atoms with Crippen molar-refractivity contribution in [3.05, 3.63) is 0 Å². The van der Waals surface area contributed by atoms with Crippen LogP contribution in [-0.2, 0) is 0 Å². The average Bonchev–Trinajstić information content (AvgIpc) is 1.52. The van der Waals surface area contributed by atoms with Crippen LogP contribution < -0.4 is 0 Å². The molecular weight excluding hydrogens is 216 g/mol. The summed E-state index contributed by atoms with van der Waals surface area (Å²) >= 11 is 9.44. The largest absolute Gasteiger partial charge is 0.166 e. The third-order valence-electron chi connectivity index (χ3n) is 1.98. The van der Waals surface area contributed by atoms with Crippen LogP contribution in [0.5, 0.6) is 0 Å². The number of hydrogen-bond donors (Lipinski definition) is 2. The van der Waals surface area contributed by atoms with Gasteiger partial charge in [0.2, 0.25) is 0 Å². The Labute approximate surface area is 90.4 Å². The van der Waals surface area contributed by atoms with Gasteiger partial charge in [0, 0.05) is 11.8 Å². The van der Waals surface area contributed by atoms with Crippen molar-refractivity contribution < 1.29 is 0 Å². The number of rotatable bonds is 3. The minimum absolute atomic E-state index is 0.0114. The van der Waals surface area contributed by atoms with Crippen molar-refractivity contribution in [2.75, 3.05) is 0 Å². The molecule has 0 atom stereocenters. The maximum absolute atomic E-state index is 4.72. The molecule has 0 aliphatic carbocycles. The number of hydrogen-bond acceptors (Lipinski definition) is 2. The van der Waals surface area contributed by atoms with Gasteiger partial charge in [0.25, 0.3) is 0 Å². The first kappa shape index (κ1) is 13.1. The van der Waals surface area contributed by atoms with Crippen LogP contribution in [0.2, 0.25) is 45.3 Å². The molecule has 0 heterocycles. The van der Waals surface area contributed by atoms with Crippen molar-refractivity contribution >= 4 is 41.4 Å². The summed E-state index contributed by atoms with van der Waals surface area (Å²) in [4.78, 5) is 0. The van der Waals surface area contributed by atoms with E-state index in [9.17, 15) is 0 Å². The molecule has 0 fully saturated rings. The van der Waals surface area contributed by atoms with Crippen molar-refractivity contribution in [1.82, 2.24) is 0 Å². The molecule has 74 valence electrons. The Balaban J connectivity index is 4.44. The van der Waals surface area contributed by atoms with Gasteiger partial charge in [0.05, 0.1) is 8.07 Å². The quantitative estimate of drug-likeness (QED) is 0.418. The van der Waals surface area contributed by atoms with E-state index < -0.39 is 16.1 Å². The van der Waals surface area contributed by atoms with Crippen LogP contribution in [0.15, 0.2) is 0 Å². The molecule has 0 nitrogen and oxygen atoms in total. The van der Waals surface area contributed by atoms with E-state index in [0.717, 1.165) is 0 Å². The zero-order chi connectivity index (χ0) is 10.2. The molecule has 12 heavy (non-hydrogen) atoms. The highest BCUT2D eigenvalue weighted by molar-refractivity contribution is 8.04. The molecule has 0 N–H and O–H groups in total. The van der Waals surface area contributed by atoms with Gasteiger partial charge in [-0.25, -0.2) is 0 Å². The Hall–Kier alpha value is 1.13. The Morgan fingerprint density at radius 3 is 1.33 bits per heavy atom. The van der Waals surface area contributed by atoms with E-state index in [1.807, 2.05) is 0 Å². The van der Waals surface area contributed by atoms with Crippen LogP contribution in [0.25, 0.3) is 0 Å². The number of thiol groups is 2. The summed E-state index contributed by atoms with van der Waals surface area (Å²) in [6, 6.07) is 1.21. The van der Waals surface area contributed by atoms with Gasteiger partial charge in [-0.3, -0.25) is 0 Å². The lowest BCUT2D eigenvalue weighted by molar-refractivity contribution is 1.17. The Morgan fingerprint density at radius 1 is 0.917 bits per heavy atom. The first-order chi connectivity index (χ1) is 4.96. The molecule has 0 aromatic rings. The van der Waals surface area contributed by atoms with Crippen molar-refractivity contribution in [2.45, 2.75) is 49.0 Å². The zero-order valence-electron chi connectivity index (χ0n) is 9.10. The molecule has 0 spiro atoms. The first-order valence-electron chi connectivity index (χ1n) is 4.40. The highest BCUT2D eigenvalue weighted by atomic mass is 32.2. The van der Waals surface area contributed by atoms with Gasteiger partial charge in [0.15, 0.2) is 0 Å². The zero-order valence-corrected chi connectivity index (χ0v) is 12.9. The molecule has 0 rings (SSSR count). The van der Waals surface area contributed by atoms with E-state index in [2.05, 4.69) is 39.3 Å². The van der Waals surface area contributed by atoms with Crippen LogP contribution in [0.4, 0.5) is 0 Å². The molecule has 0 amide bonds. The second-order valence-corrected chi connectivity index (χ2v) is 19.4. The summed E-state index contributed by atoms with van der Waals surface area (Å²) in [7, 11) is -2.25. The van der Waals surface area contributed by atoms with Gasteiger partial charge in [-0.05, 0) is 6.04 Å². The van der Waals surface area contributed by atoms with Gasteiger partial charge in [-0.1, -0.05) is 39.3 Å². The maximum Gasteiger partial charge on any atom is 0.0741 e. The second kappa shape index (κ2) is 3.71. The fourth-order valence-electron chi connectivity index (χ4n) is 1.00. The van der Waals surface area contributed by atoms with Crippen LogP contribution in [0.3, 0.4) is 0 Å². The summed E-state index contributed by atoms with van der Waals surface area (Å²) in [5, 5.41) is 0. The van der Waals surface area contributed by atoms with Gasteiger partial charge in [-0.2, -0.15) is 25.3 Å². The summed E-state index contributed by atoms with van der Waals surface area (Å²) in [6.07, 6.45) is 0. The minimum atomic E-state index is -1.23. The predicted octanol–water partition coefficient (Wildman–Crippen LogP) is 3.76. The van der Waals surface area contributed by atoms with E-state index in [4.69, 9.17) is 25.3 Å². The second-order valence-electron chi connectivity index (χ2n) is 5.80. The molecule has 0 aliphatic heterocycles. The molecule has 0 aliphatic rings. The lowest BCUT2D eigenvalue weighted by Crippen LogP contribution is -2.47. The van der Waals surface area contributed by atoms with Crippen molar-refractivity contribution in [3.63, 3.8) is 0 Å². The summed E-state index contributed by atoms with van der Waals surface area (Å²) < 4.78 is 0.0114. The topological polar surface area (TPSA) is 0 Å². The third-order valence-corrected chi connectivity index (χ3v) is 11.4. The van der Waals surface area contributed by atoms with E-state index in [0.29, 0.717) is 0 Å². The molecule has 0 aromatic heterocycles. The van der Waals surface area contributed by atoms with Crippen molar-refractivity contribution in [2.24, 2.45) is 0 Å². The fraction of sp³-hybridized carbons (Fsp3) is 1.00. The molecular formula is C8H22S2Si2. The maximum atomic E-state index is 4.72. The van der Waals surface area contributed by atoms with E-state index >= 15 is 0 Å². The van der Waals surface area contributed by atoms with Crippen molar-refractivity contribution in [1.29, 1.82) is 0 Å². The normalized spacial score (nSPS) is 15.0. The SMILES string of the molecule is C[Si](C)(C)CC(S)(S)[Si](C)(C)C. The molecule has 0 saturated carbocycles. The fourth-order valence-corrected chi connectivity index (χ4v) is 9.04. The molecule has 0 bridgehead atoms. The van der Waals surface area contributed by atoms with Gasteiger partial charge < -0.3 is 0 Å². The third kappa shape index (κ3) is 4.39. The first-order valence-corrected chi connectivity index (χ1v) is 12.5. The Morgan fingerprint density at radius 2 is 1.25 bits per heavy atom. The van der Waals surface area contributed by atoms with Gasteiger partial charge >= 0.3 is 0 Å². The van der Waals surface area contributed by atoms with E-state index in [1.54, 1.807) is 0 Å². The van der Waals surface area contributed by atoms with Gasteiger partial charge in [-0.15, -0.1) is 0 Å². The Kier molecular flexibility index (Phi) is 4.06. The van der Waals surface area contributed by atoms with E-state index in [1.165, 1.54) is 6.04 Å². The van der Waals surface area contributed by atoms with Crippen LogP contribution >= 0.6 is 25.3 Å². The Bertz CT molecular complexity index is 153.